The van der Waals surface area contributed by atoms with Crippen LogP contribution in [0.4, 0.5) is 0 Å². The number of hydrogen-bond acceptors (Lipinski definition) is 15. The number of carbonyl (C=O) groups is 4. The lowest BCUT2D eigenvalue weighted by atomic mass is 10.0. The van der Waals surface area contributed by atoms with Crippen molar-refractivity contribution >= 4 is 39.5 Å². The van der Waals surface area contributed by atoms with Crippen LogP contribution in [0.5, 0.6) is 0 Å². The first-order valence-corrected chi connectivity index (χ1v) is 44.0. The molecule has 17 nitrogen and oxygen atoms in total. The van der Waals surface area contributed by atoms with Crippen LogP contribution in [-0.4, -0.2) is 96.7 Å². The van der Waals surface area contributed by atoms with E-state index in [1.807, 2.05) is 0 Å². The molecular formula is C79H154O17P2. The number of phosphoric acid groups is 2. The molecule has 0 aliphatic heterocycles. The van der Waals surface area contributed by atoms with Crippen LogP contribution in [0, 0.1) is 11.8 Å². The third-order valence-corrected chi connectivity index (χ3v) is 20.4. The second kappa shape index (κ2) is 70.7. The summed E-state index contributed by atoms with van der Waals surface area (Å²) in [5.74, 6) is -0.633. The van der Waals surface area contributed by atoms with Gasteiger partial charge in [0.2, 0.25) is 0 Å². The summed E-state index contributed by atoms with van der Waals surface area (Å²) in [5, 5.41) is 10.6. The van der Waals surface area contributed by atoms with E-state index in [4.69, 9.17) is 37.0 Å². The van der Waals surface area contributed by atoms with Gasteiger partial charge < -0.3 is 33.8 Å². The molecule has 0 radical (unpaired) electrons. The second-order valence-corrected chi connectivity index (χ2v) is 32.3. The molecular weight excluding hydrogens is 1280 g/mol. The molecule has 0 heterocycles. The van der Waals surface area contributed by atoms with Crippen LogP contribution in [0.15, 0.2) is 0 Å². The maximum Gasteiger partial charge on any atom is 0.472 e. The summed E-state index contributed by atoms with van der Waals surface area (Å²) in [6, 6.07) is 0. The van der Waals surface area contributed by atoms with Crippen molar-refractivity contribution in [3.8, 4) is 0 Å². The van der Waals surface area contributed by atoms with E-state index < -0.39 is 97.5 Å². The zero-order valence-electron chi connectivity index (χ0n) is 64.1. The number of unbranched alkanes of at least 4 members (excludes halogenated alkanes) is 48. The molecule has 0 saturated heterocycles. The first kappa shape index (κ1) is 96.1. The van der Waals surface area contributed by atoms with Crippen molar-refractivity contribution in [2.75, 3.05) is 39.6 Å². The highest BCUT2D eigenvalue weighted by Gasteiger charge is 2.30. The van der Waals surface area contributed by atoms with Crippen LogP contribution in [0.1, 0.15) is 414 Å². The van der Waals surface area contributed by atoms with Gasteiger partial charge in [0.1, 0.15) is 19.3 Å². The van der Waals surface area contributed by atoms with Crippen molar-refractivity contribution in [3.05, 3.63) is 0 Å². The van der Waals surface area contributed by atoms with Crippen LogP contribution in [0.2, 0.25) is 0 Å². The minimum absolute atomic E-state index is 0.106. The number of hydrogen-bond donors (Lipinski definition) is 3. The molecule has 5 atom stereocenters. The number of carbonyl (C=O) groups excluding carboxylic acids is 4. The Labute approximate surface area is 600 Å². The zero-order chi connectivity index (χ0) is 72.1. The highest BCUT2D eigenvalue weighted by Crippen LogP contribution is 2.45. The third kappa shape index (κ3) is 72.4. The van der Waals surface area contributed by atoms with Gasteiger partial charge >= 0.3 is 39.5 Å². The number of esters is 4. The van der Waals surface area contributed by atoms with E-state index in [2.05, 4.69) is 41.5 Å². The molecule has 0 aliphatic carbocycles. The van der Waals surface area contributed by atoms with Crippen LogP contribution in [0.3, 0.4) is 0 Å². The summed E-state index contributed by atoms with van der Waals surface area (Å²) in [7, 11) is -9.91. The average molecular weight is 1440 g/mol. The van der Waals surface area contributed by atoms with Crippen LogP contribution in [0.25, 0.3) is 0 Å². The van der Waals surface area contributed by atoms with E-state index in [-0.39, 0.29) is 25.7 Å². The number of phosphoric ester groups is 2. The van der Waals surface area contributed by atoms with Crippen molar-refractivity contribution < 1.29 is 80.2 Å². The maximum absolute atomic E-state index is 13.1. The standard InChI is InChI=1S/C79H154O17P2/c1-7-9-11-13-15-17-19-21-22-23-24-25-26-27-28-29-30-32-38-45-51-57-63-78(83)95-74(68-90-77(82)62-56-50-44-39-33-35-41-47-53-59-71(3)4)69-93-97(85,86)91-65-73(80)66-92-98(87,88)94-70-75(96-79(84)64-58-52-46-40-34-36-42-48-54-60-72(5)6)67-89-76(81)61-55-49-43-37-31-20-18-16-14-12-10-8-2/h71-75,80H,7-70H2,1-6H3,(H,85,86)(H,87,88)/t73-,74-,75-/m1/s1. The van der Waals surface area contributed by atoms with Crippen LogP contribution in [-0.2, 0) is 65.4 Å². The lowest BCUT2D eigenvalue weighted by Gasteiger charge is -2.21. The molecule has 3 N–H and O–H groups in total. The SMILES string of the molecule is CCCCCCCCCCCCCCCCCCCCCCCCC(=O)O[C@H](COC(=O)CCCCCCCCCCCC(C)C)COP(=O)(O)OC[C@@H](O)COP(=O)(O)OC[C@@H](COC(=O)CCCCCCCCCCCCCC)OC(=O)CCCCCCCCCCCC(C)C. The van der Waals surface area contributed by atoms with Gasteiger partial charge in [-0.05, 0) is 37.5 Å². The smallest absolute Gasteiger partial charge is 0.462 e. The Morgan fingerprint density at radius 1 is 0.276 bits per heavy atom. The molecule has 582 valence electrons. The van der Waals surface area contributed by atoms with Gasteiger partial charge in [-0.2, -0.15) is 0 Å². The molecule has 0 aromatic rings. The molecule has 19 heteroatoms. The zero-order valence-corrected chi connectivity index (χ0v) is 65.9. The van der Waals surface area contributed by atoms with Gasteiger partial charge in [0.15, 0.2) is 12.2 Å². The Kier molecular flexibility index (Phi) is 69.3. The fraction of sp³-hybridized carbons (Fsp3) is 0.949. The Morgan fingerprint density at radius 2 is 0.469 bits per heavy atom. The summed E-state index contributed by atoms with van der Waals surface area (Å²) < 4.78 is 68.6. The maximum atomic E-state index is 13.1. The highest BCUT2D eigenvalue weighted by molar-refractivity contribution is 7.47. The topological polar surface area (TPSA) is 237 Å². The molecule has 0 bridgehead atoms. The molecule has 2 unspecified atom stereocenters. The Balaban J connectivity index is 5.19. The minimum atomic E-state index is -4.96. The molecule has 0 aromatic heterocycles. The van der Waals surface area contributed by atoms with Crippen molar-refractivity contribution in [2.24, 2.45) is 11.8 Å². The predicted molar refractivity (Wildman–Crippen MR) is 400 cm³/mol. The van der Waals surface area contributed by atoms with Crippen LogP contribution >= 0.6 is 15.6 Å². The molecule has 98 heavy (non-hydrogen) atoms. The van der Waals surface area contributed by atoms with Crippen molar-refractivity contribution in [1.29, 1.82) is 0 Å². The van der Waals surface area contributed by atoms with Crippen molar-refractivity contribution in [1.82, 2.24) is 0 Å². The summed E-state index contributed by atoms with van der Waals surface area (Å²) in [5.41, 5.74) is 0. The van der Waals surface area contributed by atoms with E-state index in [1.165, 1.54) is 231 Å². The first-order valence-electron chi connectivity index (χ1n) is 41.0. The summed E-state index contributed by atoms with van der Waals surface area (Å²) in [6.45, 7) is 9.57. The normalized spacial score (nSPS) is 13.9. The molecule has 0 spiro atoms. The van der Waals surface area contributed by atoms with Gasteiger partial charge in [-0.3, -0.25) is 37.3 Å². The van der Waals surface area contributed by atoms with E-state index in [0.717, 1.165) is 102 Å². The molecule has 0 aromatic carbocycles. The molecule has 0 rings (SSSR count). The predicted octanol–water partition coefficient (Wildman–Crippen LogP) is 23.5. The second-order valence-electron chi connectivity index (χ2n) is 29.4. The van der Waals surface area contributed by atoms with Gasteiger partial charge in [0.25, 0.3) is 0 Å². The lowest BCUT2D eigenvalue weighted by Crippen LogP contribution is -2.30. The fourth-order valence-corrected chi connectivity index (χ4v) is 13.8. The number of ether oxygens (including phenoxy) is 4. The van der Waals surface area contributed by atoms with Gasteiger partial charge in [-0.15, -0.1) is 0 Å². The van der Waals surface area contributed by atoms with Gasteiger partial charge in [-0.25, -0.2) is 9.13 Å². The monoisotopic (exact) mass is 1440 g/mol. The fourth-order valence-electron chi connectivity index (χ4n) is 12.2. The van der Waals surface area contributed by atoms with Crippen molar-refractivity contribution in [2.45, 2.75) is 432 Å². The summed E-state index contributed by atoms with van der Waals surface area (Å²) in [6.07, 6.45) is 59.8. The first-order chi connectivity index (χ1) is 47.4. The molecule has 0 saturated carbocycles. The van der Waals surface area contributed by atoms with E-state index in [0.29, 0.717) is 25.7 Å². The summed E-state index contributed by atoms with van der Waals surface area (Å²) >= 11 is 0. The van der Waals surface area contributed by atoms with E-state index >= 15 is 0 Å². The van der Waals surface area contributed by atoms with Crippen LogP contribution < -0.4 is 0 Å². The van der Waals surface area contributed by atoms with Gasteiger partial charge in [0.05, 0.1) is 26.4 Å². The van der Waals surface area contributed by atoms with Crippen molar-refractivity contribution in [3.63, 3.8) is 0 Å². The van der Waals surface area contributed by atoms with E-state index in [9.17, 15) is 43.2 Å². The minimum Gasteiger partial charge on any atom is -0.462 e. The molecule has 0 fully saturated rings. The number of rotatable bonds is 78. The average Bonchev–Trinajstić information content (AvgIpc) is 1.27. The Hall–Kier alpha value is -1.94. The number of aliphatic hydroxyl groups is 1. The Morgan fingerprint density at radius 3 is 0.694 bits per heavy atom. The van der Waals surface area contributed by atoms with Gasteiger partial charge in [-0.1, -0.05) is 363 Å². The lowest BCUT2D eigenvalue weighted by molar-refractivity contribution is -0.161. The van der Waals surface area contributed by atoms with E-state index in [1.54, 1.807) is 0 Å². The quantitative estimate of drug-likeness (QED) is 0.0222. The number of aliphatic hydroxyl groups excluding tert-OH is 1. The Bertz CT molecular complexity index is 1890. The largest absolute Gasteiger partial charge is 0.472 e. The third-order valence-electron chi connectivity index (χ3n) is 18.5. The summed E-state index contributed by atoms with van der Waals surface area (Å²) in [4.78, 5) is 72.9. The molecule has 0 aliphatic rings. The highest BCUT2D eigenvalue weighted by atomic mass is 31.2. The molecule has 0 amide bonds. The van der Waals surface area contributed by atoms with Gasteiger partial charge in [0, 0.05) is 25.7 Å².